The molecule has 0 saturated carbocycles. The maximum atomic E-state index is 12.0. The first kappa shape index (κ1) is 18.2. The zero-order chi connectivity index (χ0) is 16.2. The highest BCUT2D eigenvalue weighted by Crippen LogP contribution is 2.25. The molecular formula is C13H18Cl2N2O3S. The highest BCUT2D eigenvalue weighted by atomic mass is 35.5. The number of hydrogen-bond acceptors (Lipinski definition) is 3. The summed E-state index contributed by atoms with van der Waals surface area (Å²) in [5, 5.41) is 3.30. The Kier molecular flexibility index (Phi) is 6.46. The summed E-state index contributed by atoms with van der Waals surface area (Å²) < 4.78 is 24.6. The lowest BCUT2D eigenvalue weighted by Crippen LogP contribution is -2.42. The molecule has 8 heteroatoms. The van der Waals surface area contributed by atoms with Crippen LogP contribution in [0.2, 0.25) is 10.0 Å². The highest BCUT2D eigenvalue weighted by Gasteiger charge is 2.24. The Bertz CT molecular complexity index is 620. The number of anilines is 1. The van der Waals surface area contributed by atoms with Crippen LogP contribution < -0.4 is 5.32 Å². The number of nitrogens with one attached hydrogen (secondary N) is 1. The summed E-state index contributed by atoms with van der Waals surface area (Å²) in [6, 6.07) is 4.41. The van der Waals surface area contributed by atoms with Crippen LogP contribution in [0.4, 0.5) is 5.69 Å². The van der Waals surface area contributed by atoms with Crippen LogP contribution >= 0.6 is 23.2 Å². The summed E-state index contributed by atoms with van der Waals surface area (Å²) in [4.78, 5) is 12.0. The number of benzene rings is 1. The fourth-order valence-corrected chi connectivity index (χ4v) is 3.17. The molecule has 0 fully saturated rings. The third-order valence-corrected chi connectivity index (χ3v) is 5.09. The van der Waals surface area contributed by atoms with Crippen molar-refractivity contribution in [2.75, 3.05) is 18.1 Å². The summed E-state index contributed by atoms with van der Waals surface area (Å²) in [5.41, 5.74) is 0.465. The van der Waals surface area contributed by atoms with E-state index in [1.54, 1.807) is 19.1 Å². The minimum atomic E-state index is -3.45. The van der Waals surface area contributed by atoms with E-state index in [4.69, 9.17) is 23.2 Å². The molecule has 1 aromatic rings. The number of carbonyl (C=O) groups excluding carboxylic acids is 1. The van der Waals surface area contributed by atoms with Crippen molar-refractivity contribution >= 4 is 44.8 Å². The number of halogens is 2. The molecule has 5 nitrogen and oxygen atoms in total. The van der Waals surface area contributed by atoms with E-state index in [2.05, 4.69) is 5.32 Å². The lowest BCUT2D eigenvalue weighted by Gasteiger charge is -2.25. The van der Waals surface area contributed by atoms with Crippen LogP contribution in [0, 0.1) is 0 Å². The lowest BCUT2D eigenvalue weighted by atomic mass is 10.2. The van der Waals surface area contributed by atoms with Crippen molar-refractivity contribution in [3.05, 3.63) is 28.2 Å². The van der Waals surface area contributed by atoms with E-state index < -0.39 is 15.9 Å². The van der Waals surface area contributed by atoms with E-state index in [0.29, 0.717) is 22.2 Å². The van der Waals surface area contributed by atoms with Crippen LogP contribution in [0.25, 0.3) is 0 Å². The van der Waals surface area contributed by atoms with Crippen LogP contribution in [-0.4, -0.2) is 37.5 Å². The zero-order valence-corrected chi connectivity index (χ0v) is 14.4. The van der Waals surface area contributed by atoms with Gasteiger partial charge in [0.15, 0.2) is 0 Å². The van der Waals surface area contributed by atoms with Crippen LogP contribution in [0.15, 0.2) is 18.2 Å². The van der Waals surface area contributed by atoms with Crippen LogP contribution in [-0.2, 0) is 14.8 Å². The number of amides is 1. The normalized spacial score (nSPS) is 13.2. The van der Waals surface area contributed by atoms with E-state index >= 15 is 0 Å². The van der Waals surface area contributed by atoms with E-state index in [-0.39, 0.29) is 12.6 Å². The van der Waals surface area contributed by atoms with E-state index in [0.717, 1.165) is 6.26 Å². The third-order valence-electron chi connectivity index (χ3n) is 3.01. The molecule has 1 amide bonds. The molecule has 0 spiro atoms. The molecule has 0 radical (unpaired) electrons. The van der Waals surface area contributed by atoms with Gasteiger partial charge in [-0.15, -0.1) is 0 Å². The average molecular weight is 353 g/mol. The Morgan fingerprint density at radius 3 is 2.43 bits per heavy atom. The summed E-state index contributed by atoms with van der Waals surface area (Å²) in [5.74, 6) is -0.431. The van der Waals surface area contributed by atoms with Crippen molar-refractivity contribution < 1.29 is 13.2 Å². The monoisotopic (exact) mass is 352 g/mol. The Morgan fingerprint density at radius 1 is 1.33 bits per heavy atom. The minimum absolute atomic E-state index is 0.242. The highest BCUT2D eigenvalue weighted by molar-refractivity contribution is 7.88. The lowest BCUT2D eigenvalue weighted by molar-refractivity contribution is -0.116. The molecule has 1 N–H and O–H groups in total. The quantitative estimate of drug-likeness (QED) is 0.855. The number of hydrogen-bond donors (Lipinski definition) is 1. The van der Waals surface area contributed by atoms with Crippen LogP contribution in [0.1, 0.15) is 20.3 Å². The summed E-state index contributed by atoms with van der Waals surface area (Å²) in [6.07, 6.45) is 1.71. The van der Waals surface area contributed by atoms with Crippen LogP contribution in [0.5, 0.6) is 0 Å². The van der Waals surface area contributed by atoms with Crippen molar-refractivity contribution in [2.45, 2.75) is 26.3 Å². The van der Waals surface area contributed by atoms with Gasteiger partial charge in [-0.25, -0.2) is 8.42 Å². The Morgan fingerprint density at radius 2 is 1.95 bits per heavy atom. The van der Waals surface area contributed by atoms with E-state index in [1.165, 1.54) is 10.4 Å². The molecule has 0 aliphatic heterocycles. The molecule has 0 aliphatic carbocycles. The number of rotatable bonds is 6. The summed E-state index contributed by atoms with van der Waals surface area (Å²) in [7, 11) is -3.45. The fraction of sp³-hybridized carbons (Fsp3) is 0.462. The van der Waals surface area contributed by atoms with Gasteiger partial charge < -0.3 is 5.32 Å². The van der Waals surface area contributed by atoms with Gasteiger partial charge in [-0.3, -0.25) is 4.79 Å². The molecule has 0 aliphatic rings. The molecule has 0 saturated heterocycles. The first-order valence-electron chi connectivity index (χ1n) is 6.36. The Balaban J connectivity index is 2.81. The molecule has 0 heterocycles. The second-order valence-electron chi connectivity index (χ2n) is 4.74. The summed E-state index contributed by atoms with van der Waals surface area (Å²) >= 11 is 11.6. The van der Waals surface area contributed by atoms with Gasteiger partial charge in [-0.2, -0.15) is 4.31 Å². The fourth-order valence-electron chi connectivity index (χ4n) is 1.72. The standard InChI is InChI=1S/C13H18Cl2N2O3S/c1-4-9(2)17(21(3,19)20)8-13(18)16-10-5-6-11(14)12(15)7-10/h5-7,9H,4,8H2,1-3H3,(H,16,18). The van der Waals surface area contributed by atoms with Crippen molar-refractivity contribution in [1.82, 2.24) is 4.31 Å². The van der Waals surface area contributed by atoms with Gasteiger partial charge in [0.25, 0.3) is 0 Å². The van der Waals surface area contributed by atoms with Gasteiger partial charge in [0.2, 0.25) is 15.9 Å². The molecule has 0 aromatic heterocycles. The first-order valence-corrected chi connectivity index (χ1v) is 8.97. The van der Waals surface area contributed by atoms with Gasteiger partial charge in [-0.1, -0.05) is 30.1 Å². The predicted octanol–water partition coefficient (Wildman–Crippen LogP) is 2.99. The van der Waals surface area contributed by atoms with Gasteiger partial charge in [0.1, 0.15) is 0 Å². The SMILES string of the molecule is CCC(C)N(CC(=O)Nc1ccc(Cl)c(Cl)c1)S(C)(=O)=O. The van der Waals surface area contributed by atoms with Gasteiger partial charge >= 0.3 is 0 Å². The molecule has 0 bridgehead atoms. The average Bonchev–Trinajstić information content (AvgIpc) is 2.38. The number of nitrogens with zero attached hydrogens (tertiary/aromatic N) is 1. The minimum Gasteiger partial charge on any atom is -0.325 e. The zero-order valence-electron chi connectivity index (χ0n) is 12.1. The van der Waals surface area contributed by atoms with Gasteiger partial charge in [-0.05, 0) is 31.5 Å². The molecule has 21 heavy (non-hydrogen) atoms. The number of carbonyl (C=O) groups is 1. The van der Waals surface area contributed by atoms with E-state index in [1.807, 2.05) is 6.92 Å². The largest absolute Gasteiger partial charge is 0.325 e. The smallest absolute Gasteiger partial charge is 0.239 e. The third kappa shape index (κ3) is 5.47. The molecule has 1 atom stereocenters. The van der Waals surface area contributed by atoms with Gasteiger partial charge in [0.05, 0.1) is 22.8 Å². The first-order chi connectivity index (χ1) is 9.65. The van der Waals surface area contributed by atoms with Crippen molar-refractivity contribution in [3.8, 4) is 0 Å². The molecule has 1 rings (SSSR count). The van der Waals surface area contributed by atoms with E-state index in [9.17, 15) is 13.2 Å². The van der Waals surface area contributed by atoms with Gasteiger partial charge in [0, 0.05) is 11.7 Å². The second-order valence-corrected chi connectivity index (χ2v) is 7.49. The molecule has 1 aromatic carbocycles. The van der Waals surface area contributed by atoms with Crippen molar-refractivity contribution in [2.24, 2.45) is 0 Å². The predicted molar refractivity (Wildman–Crippen MR) is 86.4 cm³/mol. The van der Waals surface area contributed by atoms with Crippen molar-refractivity contribution in [1.29, 1.82) is 0 Å². The molecule has 118 valence electrons. The second kappa shape index (κ2) is 7.45. The Labute approximate surface area is 135 Å². The van der Waals surface area contributed by atoms with Crippen LogP contribution in [0.3, 0.4) is 0 Å². The summed E-state index contributed by atoms with van der Waals surface area (Å²) in [6.45, 7) is 3.38. The number of sulfonamides is 1. The molecular weight excluding hydrogens is 335 g/mol. The molecule has 1 unspecified atom stereocenters. The maximum absolute atomic E-state index is 12.0. The maximum Gasteiger partial charge on any atom is 0.239 e. The van der Waals surface area contributed by atoms with Crippen molar-refractivity contribution in [3.63, 3.8) is 0 Å². The Hall–Kier alpha value is -0.820. The topological polar surface area (TPSA) is 66.5 Å².